The Bertz CT molecular complexity index is 437. The van der Waals surface area contributed by atoms with Crippen LogP contribution in [0.4, 0.5) is 10.5 Å². The number of amides is 2. The van der Waals surface area contributed by atoms with Gasteiger partial charge in [0.05, 0.1) is 11.9 Å². The van der Waals surface area contributed by atoms with Gasteiger partial charge in [-0.25, -0.2) is 4.79 Å². The van der Waals surface area contributed by atoms with Crippen LogP contribution in [0.3, 0.4) is 0 Å². The molecule has 0 spiro atoms. The molecule has 6 nitrogen and oxygen atoms in total. The van der Waals surface area contributed by atoms with Crippen LogP contribution < -0.4 is 5.32 Å². The van der Waals surface area contributed by atoms with Gasteiger partial charge in [-0.1, -0.05) is 12.8 Å². The predicted molar refractivity (Wildman–Crippen MR) is 84.4 cm³/mol. The van der Waals surface area contributed by atoms with Crippen molar-refractivity contribution in [2.45, 2.75) is 32.1 Å². The van der Waals surface area contributed by atoms with E-state index in [1.54, 1.807) is 22.0 Å². The molecule has 2 amide bonds. The van der Waals surface area contributed by atoms with E-state index in [1.807, 2.05) is 14.1 Å². The maximum Gasteiger partial charge on any atom is 0.321 e. The van der Waals surface area contributed by atoms with E-state index in [1.165, 1.54) is 38.8 Å². The van der Waals surface area contributed by atoms with E-state index in [0.717, 1.165) is 25.2 Å². The van der Waals surface area contributed by atoms with E-state index < -0.39 is 0 Å². The Kier molecular flexibility index (Phi) is 6.04. The second-order valence-corrected chi connectivity index (χ2v) is 5.86. The smallest absolute Gasteiger partial charge is 0.321 e. The van der Waals surface area contributed by atoms with Crippen LogP contribution in [0.2, 0.25) is 0 Å². The number of hydrogen-bond acceptors (Lipinski definition) is 3. The Balaban J connectivity index is 1.66. The summed E-state index contributed by atoms with van der Waals surface area (Å²) in [6.45, 7) is 4.30. The summed E-state index contributed by atoms with van der Waals surface area (Å²) in [5, 5.41) is 6.89. The number of carbonyl (C=O) groups excluding carboxylic acids is 1. The molecule has 1 aromatic heterocycles. The molecular weight excluding hydrogens is 266 g/mol. The Labute approximate surface area is 127 Å². The summed E-state index contributed by atoms with van der Waals surface area (Å²) < 4.78 is 1.68. The minimum absolute atomic E-state index is 0.0705. The standard InChI is InChI=1S/C15H27N5O/c1-18(15(21)17-14-12-16-19(2)13-14)8-7-11-20-9-5-3-4-6-10-20/h12-13H,3-11H2,1-2H3,(H,17,21). The van der Waals surface area contributed by atoms with Crippen molar-refractivity contribution in [1.82, 2.24) is 19.6 Å². The summed E-state index contributed by atoms with van der Waals surface area (Å²) in [7, 11) is 3.68. The molecule has 1 aliphatic heterocycles. The average Bonchev–Trinajstić information content (AvgIpc) is 2.72. The van der Waals surface area contributed by atoms with Gasteiger partial charge in [-0.2, -0.15) is 5.10 Å². The molecule has 1 aliphatic rings. The van der Waals surface area contributed by atoms with Crippen molar-refractivity contribution in [3.8, 4) is 0 Å². The largest absolute Gasteiger partial charge is 0.328 e. The number of hydrogen-bond donors (Lipinski definition) is 1. The van der Waals surface area contributed by atoms with Crippen LogP contribution in [0, 0.1) is 0 Å². The van der Waals surface area contributed by atoms with Gasteiger partial charge in [-0.3, -0.25) is 4.68 Å². The topological polar surface area (TPSA) is 53.4 Å². The Morgan fingerprint density at radius 1 is 1.33 bits per heavy atom. The third-order valence-electron chi connectivity index (χ3n) is 3.97. The summed E-state index contributed by atoms with van der Waals surface area (Å²) in [5.41, 5.74) is 0.738. The van der Waals surface area contributed by atoms with E-state index in [0.29, 0.717) is 0 Å². The molecule has 2 heterocycles. The molecule has 0 atom stereocenters. The number of rotatable bonds is 5. The van der Waals surface area contributed by atoms with Crippen molar-refractivity contribution in [2.24, 2.45) is 7.05 Å². The average molecular weight is 293 g/mol. The number of aryl methyl sites for hydroxylation is 1. The highest BCUT2D eigenvalue weighted by molar-refractivity contribution is 5.88. The van der Waals surface area contributed by atoms with Gasteiger partial charge in [0.15, 0.2) is 0 Å². The molecule has 0 unspecified atom stereocenters. The van der Waals surface area contributed by atoms with Crippen LogP contribution in [0.15, 0.2) is 12.4 Å². The summed E-state index contributed by atoms with van der Waals surface area (Å²) in [4.78, 5) is 16.3. The van der Waals surface area contributed by atoms with E-state index in [9.17, 15) is 4.79 Å². The summed E-state index contributed by atoms with van der Waals surface area (Å²) in [6, 6.07) is -0.0705. The number of aromatic nitrogens is 2. The van der Waals surface area contributed by atoms with Gasteiger partial charge in [0.25, 0.3) is 0 Å². The molecule has 2 rings (SSSR count). The molecule has 1 N–H and O–H groups in total. The molecule has 1 aromatic rings. The predicted octanol–water partition coefficient (Wildman–Crippen LogP) is 2.15. The monoisotopic (exact) mass is 293 g/mol. The van der Waals surface area contributed by atoms with Crippen molar-refractivity contribution < 1.29 is 4.79 Å². The van der Waals surface area contributed by atoms with Crippen LogP contribution in [0.5, 0.6) is 0 Å². The Hall–Kier alpha value is -1.56. The lowest BCUT2D eigenvalue weighted by molar-refractivity contribution is 0.215. The number of urea groups is 1. The van der Waals surface area contributed by atoms with E-state index in [4.69, 9.17) is 0 Å². The van der Waals surface area contributed by atoms with Gasteiger partial charge in [0.1, 0.15) is 0 Å². The van der Waals surface area contributed by atoms with Crippen molar-refractivity contribution >= 4 is 11.7 Å². The SMILES string of the molecule is CN(CCCN1CCCCCC1)C(=O)Nc1cnn(C)c1. The zero-order chi connectivity index (χ0) is 15.1. The fourth-order valence-corrected chi connectivity index (χ4v) is 2.70. The minimum Gasteiger partial charge on any atom is -0.328 e. The van der Waals surface area contributed by atoms with Gasteiger partial charge < -0.3 is 15.1 Å². The second kappa shape index (κ2) is 8.02. The zero-order valence-electron chi connectivity index (χ0n) is 13.2. The molecule has 0 bridgehead atoms. The van der Waals surface area contributed by atoms with Crippen LogP contribution >= 0.6 is 0 Å². The second-order valence-electron chi connectivity index (χ2n) is 5.86. The summed E-state index contributed by atoms with van der Waals surface area (Å²) in [6.07, 6.45) is 9.84. The van der Waals surface area contributed by atoms with E-state index >= 15 is 0 Å². The molecule has 0 saturated carbocycles. The zero-order valence-corrected chi connectivity index (χ0v) is 13.2. The third kappa shape index (κ3) is 5.38. The van der Waals surface area contributed by atoms with Crippen LogP contribution in [0.25, 0.3) is 0 Å². The first-order chi connectivity index (χ1) is 10.1. The van der Waals surface area contributed by atoms with Crippen molar-refractivity contribution in [3.63, 3.8) is 0 Å². The molecule has 21 heavy (non-hydrogen) atoms. The quantitative estimate of drug-likeness (QED) is 0.905. The fourth-order valence-electron chi connectivity index (χ4n) is 2.70. The number of likely N-dealkylation sites (tertiary alicyclic amines) is 1. The minimum atomic E-state index is -0.0705. The molecule has 0 radical (unpaired) electrons. The number of nitrogens with one attached hydrogen (secondary N) is 1. The summed E-state index contributed by atoms with van der Waals surface area (Å²) >= 11 is 0. The lowest BCUT2D eigenvalue weighted by Crippen LogP contribution is -2.34. The maximum atomic E-state index is 12.0. The van der Waals surface area contributed by atoms with Crippen molar-refractivity contribution in [2.75, 3.05) is 38.5 Å². The Morgan fingerprint density at radius 3 is 2.67 bits per heavy atom. The Morgan fingerprint density at radius 2 is 2.05 bits per heavy atom. The number of carbonyl (C=O) groups is 1. The van der Waals surface area contributed by atoms with Crippen molar-refractivity contribution in [1.29, 1.82) is 0 Å². The molecule has 118 valence electrons. The maximum absolute atomic E-state index is 12.0. The first kappa shape index (κ1) is 15.8. The molecule has 1 fully saturated rings. The van der Waals surface area contributed by atoms with Crippen LogP contribution in [0.1, 0.15) is 32.1 Å². The first-order valence-electron chi connectivity index (χ1n) is 7.88. The van der Waals surface area contributed by atoms with Gasteiger partial charge in [-0.15, -0.1) is 0 Å². The van der Waals surface area contributed by atoms with E-state index in [-0.39, 0.29) is 6.03 Å². The third-order valence-corrected chi connectivity index (χ3v) is 3.97. The van der Waals surface area contributed by atoms with Gasteiger partial charge in [0, 0.05) is 26.8 Å². The highest BCUT2D eigenvalue weighted by atomic mass is 16.2. The van der Waals surface area contributed by atoms with E-state index in [2.05, 4.69) is 15.3 Å². The first-order valence-corrected chi connectivity index (χ1v) is 7.88. The van der Waals surface area contributed by atoms with Gasteiger partial charge >= 0.3 is 6.03 Å². The van der Waals surface area contributed by atoms with Crippen LogP contribution in [-0.2, 0) is 7.05 Å². The molecule has 6 heteroatoms. The molecule has 0 aromatic carbocycles. The normalized spacial score (nSPS) is 16.5. The molecule has 0 aliphatic carbocycles. The number of anilines is 1. The lowest BCUT2D eigenvalue weighted by Gasteiger charge is -2.22. The summed E-state index contributed by atoms with van der Waals surface area (Å²) in [5.74, 6) is 0. The van der Waals surface area contributed by atoms with Gasteiger partial charge in [-0.05, 0) is 38.9 Å². The van der Waals surface area contributed by atoms with Crippen molar-refractivity contribution in [3.05, 3.63) is 12.4 Å². The highest BCUT2D eigenvalue weighted by Crippen LogP contribution is 2.10. The molecular formula is C15H27N5O. The van der Waals surface area contributed by atoms with Crippen LogP contribution in [-0.4, -0.2) is 58.8 Å². The lowest BCUT2D eigenvalue weighted by atomic mass is 10.2. The van der Waals surface area contributed by atoms with Gasteiger partial charge in [0.2, 0.25) is 0 Å². The highest BCUT2D eigenvalue weighted by Gasteiger charge is 2.12. The number of nitrogens with zero attached hydrogens (tertiary/aromatic N) is 4. The molecule has 1 saturated heterocycles. The fraction of sp³-hybridized carbons (Fsp3) is 0.733.